The first-order chi connectivity index (χ1) is 10.2. The molecule has 110 valence electrons. The number of carbonyl (C=O) groups is 1. The first-order valence-electron chi connectivity index (χ1n) is 7.22. The third-order valence-electron chi connectivity index (χ3n) is 3.76. The van der Waals surface area contributed by atoms with Crippen molar-refractivity contribution in [2.24, 2.45) is 5.92 Å². The van der Waals surface area contributed by atoms with Crippen molar-refractivity contribution in [1.29, 1.82) is 0 Å². The summed E-state index contributed by atoms with van der Waals surface area (Å²) in [6.45, 7) is 0. The number of carbonyl (C=O) groups excluding carboxylic acids is 1. The molecule has 1 heterocycles. The molecule has 0 radical (unpaired) electrons. The van der Waals surface area contributed by atoms with Crippen LogP contribution in [0.2, 0.25) is 0 Å². The Balaban J connectivity index is 1.69. The Kier molecular flexibility index (Phi) is 4.15. The van der Waals surface area contributed by atoms with E-state index in [9.17, 15) is 4.79 Å². The molecule has 0 aliphatic heterocycles. The molecule has 3 N–H and O–H groups in total. The number of aromatic nitrogens is 2. The third-order valence-corrected chi connectivity index (χ3v) is 4.65. The maximum atomic E-state index is 12.2. The minimum absolute atomic E-state index is 0.0741. The Bertz CT molecular complexity index is 634. The summed E-state index contributed by atoms with van der Waals surface area (Å²) in [6.07, 6.45) is 5.48. The molecule has 1 saturated carbocycles. The molecule has 0 saturated heterocycles. The smallest absolute Gasteiger partial charge is 0.229 e. The van der Waals surface area contributed by atoms with Crippen LogP contribution in [0.15, 0.2) is 24.3 Å². The van der Waals surface area contributed by atoms with Crippen LogP contribution < -0.4 is 11.1 Å². The van der Waals surface area contributed by atoms with E-state index in [0.717, 1.165) is 36.3 Å². The SMILES string of the molecule is Nc1cccc(-c2nnc(NC(=O)C3CCCCC3)s2)c1. The average molecular weight is 302 g/mol. The van der Waals surface area contributed by atoms with Gasteiger partial charge in [0.05, 0.1) is 0 Å². The molecule has 1 aromatic heterocycles. The first-order valence-corrected chi connectivity index (χ1v) is 8.04. The van der Waals surface area contributed by atoms with Crippen LogP contribution in [0.4, 0.5) is 10.8 Å². The van der Waals surface area contributed by atoms with E-state index in [2.05, 4.69) is 15.5 Å². The molecule has 1 aromatic carbocycles. The highest BCUT2D eigenvalue weighted by atomic mass is 32.1. The number of anilines is 2. The normalized spacial score (nSPS) is 15.8. The van der Waals surface area contributed by atoms with Crippen molar-refractivity contribution in [3.63, 3.8) is 0 Å². The minimum atomic E-state index is 0.0741. The lowest BCUT2D eigenvalue weighted by atomic mass is 9.89. The molecule has 1 fully saturated rings. The summed E-state index contributed by atoms with van der Waals surface area (Å²) >= 11 is 1.38. The van der Waals surface area contributed by atoms with Crippen LogP contribution in [0.1, 0.15) is 32.1 Å². The first kappa shape index (κ1) is 14.0. The topological polar surface area (TPSA) is 80.9 Å². The monoisotopic (exact) mass is 302 g/mol. The summed E-state index contributed by atoms with van der Waals surface area (Å²) in [5.41, 5.74) is 7.38. The van der Waals surface area contributed by atoms with Crippen LogP contribution in [0.25, 0.3) is 10.6 Å². The van der Waals surface area contributed by atoms with Gasteiger partial charge >= 0.3 is 0 Å². The molecule has 5 nitrogen and oxygen atoms in total. The molecule has 0 atom stereocenters. The number of nitrogens with one attached hydrogen (secondary N) is 1. The number of nitrogen functional groups attached to an aromatic ring is 1. The summed E-state index contributed by atoms with van der Waals surface area (Å²) in [7, 11) is 0. The predicted octanol–water partition coefficient (Wildman–Crippen LogP) is 3.31. The Morgan fingerprint density at radius 3 is 2.81 bits per heavy atom. The zero-order chi connectivity index (χ0) is 14.7. The number of nitrogens with two attached hydrogens (primary N) is 1. The lowest BCUT2D eigenvalue weighted by Gasteiger charge is -2.19. The van der Waals surface area contributed by atoms with Gasteiger partial charge in [-0.15, -0.1) is 10.2 Å². The van der Waals surface area contributed by atoms with E-state index in [1.54, 1.807) is 0 Å². The van der Waals surface area contributed by atoms with Gasteiger partial charge in [0.2, 0.25) is 11.0 Å². The van der Waals surface area contributed by atoms with Crippen LogP contribution in [-0.4, -0.2) is 16.1 Å². The number of benzene rings is 1. The van der Waals surface area contributed by atoms with Crippen molar-refractivity contribution in [2.75, 3.05) is 11.1 Å². The number of hydrogen-bond acceptors (Lipinski definition) is 5. The maximum absolute atomic E-state index is 12.2. The molecule has 2 aromatic rings. The molecule has 0 unspecified atom stereocenters. The number of nitrogens with zero attached hydrogens (tertiary/aromatic N) is 2. The maximum Gasteiger partial charge on any atom is 0.229 e. The second kappa shape index (κ2) is 6.22. The average Bonchev–Trinajstić information content (AvgIpc) is 2.97. The van der Waals surface area contributed by atoms with E-state index < -0.39 is 0 Å². The van der Waals surface area contributed by atoms with Crippen molar-refractivity contribution < 1.29 is 4.79 Å². The van der Waals surface area contributed by atoms with E-state index in [-0.39, 0.29) is 11.8 Å². The Morgan fingerprint density at radius 1 is 1.24 bits per heavy atom. The van der Waals surface area contributed by atoms with Gasteiger partial charge in [-0.2, -0.15) is 0 Å². The number of rotatable bonds is 3. The summed E-state index contributed by atoms with van der Waals surface area (Å²) in [5, 5.41) is 12.4. The summed E-state index contributed by atoms with van der Waals surface area (Å²) in [4.78, 5) is 12.2. The second-order valence-corrected chi connectivity index (χ2v) is 6.34. The zero-order valence-corrected chi connectivity index (χ0v) is 12.5. The van der Waals surface area contributed by atoms with Gasteiger partial charge < -0.3 is 11.1 Å². The van der Waals surface area contributed by atoms with Crippen molar-refractivity contribution in [1.82, 2.24) is 10.2 Å². The molecule has 6 heteroatoms. The lowest BCUT2D eigenvalue weighted by molar-refractivity contribution is -0.120. The molecular weight excluding hydrogens is 284 g/mol. The lowest BCUT2D eigenvalue weighted by Crippen LogP contribution is -2.24. The van der Waals surface area contributed by atoms with E-state index >= 15 is 0 Å². The molecular formula is C15H18N4OS. The quantitative estimate of drug-likeness (QED) is 0.852. The molecule has 1 aliphatic rings. The standard InChI is InChI=1S/C15H18N4OS/c16-12-8-4-7-11(9-12)14-18-19-15(21-14)17-13(20)10-5-2-1-3-6-10/h4,7-10H,1-3,5-6,16H2,(H,17,19,20). The van der Waals surface area contributed by atoms with Crippen LogP contribution >= 0.6 is 11.3 Å². The van der Waals surface area contributed by atoms with Gasteiger partial charge in [-0.3, -0.25) is 4.79 Å². The van der Waals surface area contributed by atoms with Crippen molar-refractivity contribution in [3.8, 4) is 10.6 Å². The van der Waals surface area contributed by atoms with E-state index in [0.29, 0.717) is 10.8 Å². The molecule has 3 rings (SSSR count). The summed E-state index contributed by atoms with van der Waals surface area (Å²) in [6, 6.07) is 7.50. The molecule has 1 amide bonds. The van der Waals surface area contributed by atoms with Crippen LogP contribution in [0.5, 0.6) is 0 Å². The Morgan fingerprint density at radius 2 is 2.05 bits per heavy atom. The zero-order valence-electron chi connectivity index (χ0n) is 11.7. The minimum Gasteiger partial charge on any atom is -0.399 e. The largest absolute Gasteiger partial charge is 0.399 e. The highest BCUT2D eigenvalue weighted by Gasteiger charge is 2.22. The Hall–Kier alpha value is -1.95. The van der Waals surface area contributed by atoms with Crippen molar-refractivity contribution in [2.45, 2.75) is 32.1 Å². The van der Waals surface area contributed by atoms with Gasteiger partial charge in [-0.1, -0.05) is 42.7 Å². The van der Waals surface area contributed by atoms with Gasteiger partial charge in [0, 0.05) is 17.2 Å². The second-order valence-electron chi connectivity index (χ2n) is 5.36. The van der Waals surface area contributed by atoms with Crippen LogP contribution in [0.3, 0.4) is 0 Å². The summed E-state index contributed by atoms with van der Waals surface area (Å²) < 4.78 is 0. The fourth-order valence-electron chi connectivity index (χ4n) is 2.63. The van der Waals surface area contributed by atoms with E-state index in [1.165, 1.54) is 17.8 Å². The van der Waals surface area contributed by atoms with Gasteiger partial charge in [-0.25, -0.2) is 0 Å². The fraction of sp³-hybridized carbons (Fsp3) is 0.400. The highest BCUT2D eigenvalue weighted by Crippen LogP contribution is 2.29. The van der Waals surface area contributed by atoms with E-state index in [1.807, 2.05) is 24.3 Å². The fourth-order valence-corrected chi connectivity index (χ4v) is 3.38. The molecule has 21 heavy (non-hydrogen) atoms. The molecule has 1 aliphatic carbocycles. The third kappa shape index (κ3) is 3.39. The summed E-state index contributed by atoms with van der Waals surface area (Å²) in [5.74, 6) is 0.198. The van der Waals surface area contributed by atoms with Gasteiger partial charge in [0.1, 0.15) is 5.01 Å². The van der Waals surface area contributed by atoms with Crippen LogP contribution in [0, 0.1) is 5.92 Å². The van der Waals surface area contributed by atoms with Crippen LogP contribution in [-0.2, 0) is 4.79 Å². The molecule has 0 spiro atoms. The van der Waals surface area contributed by atoms with Crippen molar-refractivity contribution in [3.05, 3.63) is 24.3 Å². The van der Waals surface area contributed by atoms with E-state index in [4.69, 9.17) is 5.73 Å². The molecule has 0 bridgehead atoms. The highest BCUT2D eigenvalue weighted by molar-refractivity contribution is 7.18. The van der Waals surface area contributed by atoms with Crippen molar-refractivity contribution >= 4 is 28.1 Å². The van der Waals surface area contributed by atoms with Gasteiger partial charge in [0.15, 0.2) is 0 Å². The number of amides is 1. The number of hydrogen-bond donors (Lipinski definition) is 2. The Labute approximate surface area is 127 Å². The van der Waals surface area contributed by atoms with Gasteiger partial charge in [-0.05, 0) is 25.0 Å². The predicted molar refractivity (Wildman–Crippen MR) is 85.0 cm³/mol. The van der Waals surface area contributed by atoms with Gasteiger partial charge in [0.25, 0.3) is 0 Å².